The lowest BCUT2D eigenvalue weighted by Gasteiger charge is -2.14. The van der Waals surface area contributed by atoms with E-state index in [1.807, 2.05) is 51.1 Å². The van der Waals surface area contributed by atoms with Gasteiger partial charge in [-0.15, -0.1) is 0 Å². The number of hydrogen-bond acceptors (Lipinski definition) is 4. The number of rotatable bonds is 4. The molecule has 2 amide bonds. The van der Waals surface area contributed by atoms with Crippen molar-refractivity contribution >= 4 is 22.6 Å². The number of nitrogens with one attached hydrogen (secondary N) is 2. The molecule has 0 aliphatic carbocycles. The fourth-order valence-electron chi connectivity index (χ4n) is 2.91. The van der Waals surface area contributed by atoms with E-state index in [4.69, 9.17) is 4.52 Å². The van der Waals surface area contributed by atoms with E-state index in [0.717, 1.165) is 27.9 Å². The van der Waals surface area contributed by atoms with Crippen LogP contribution in [0.4, 0.5) is 10.5 Å². The van der Waals surface area contributed by atoms with Crippen molar-refractivity contribution in [2.24, 2.45) is 0 Å². The highest BCUT2D eigenvalue weighted by Gasteiger charge is 2.17. The average molecular weight is 324 g/mol. The fraction of sp³-hybridized carbons (Fsp3) is 0.278. The molecule has 2 N–H and O–H groups in total. The molecule has 2 heterocycles. The topological polar surface area (TPSA) is 80.0 Å². The van der Waals surface area contributed by atoms with Gasteiger partial charge >= 0.3 is 6.03 Å². The Hall–Kier alpha value is -2.89. The van der Waals surface area contributed by atoms with Crippen LogP contribution in [0.2, 0.25) is 0 Å². The number of hydrogen-bond donors (Lipinski definition) is 2. The van der Waals surface area contributed by atoms with E-state index in [-0.39, 0.29) is 11.9 Å². The Labute approximate surface area is 140 Å². The van der Waals surface area contributed by atoms with E-state index in [1.165, 1.54) is 0 Å². The summed E-state index contributed by atoms with van der Waals surface area (Å²) in [6.07, 6.45) is 1.71. The molecule has 1 atom stereocenters. The van der Waals surface area contributed by atoms with Crippen LogP contribution in [0.25, 0.3) is 10.9 Å². The molecule has 124 valence electrons. The second-order valence-corrected chi connectivity index (χ2v) is 5.85. The first-order valence-electron chi connectivity index (χ1n) is 7.87. The van der Waals surface area contributed by atoms with Crippen molar-refractivity contribution in [1.29, 1.82) is 0 Å². The zero-order valence-corrected chi connectivity index (χ0v) is 14.0. The Morgan fingerprint density at radius 2 is 2.04 bits per heavy atom. The second kappa shape index (κ2) is 6.70. The number of aromatic nitrogens is 2. The van der Waals surface area contributed by atoms with Gasteiger partial charge in [-0.25, -0.2) is 4.79 Å². The molecule has 2 aromatic heterocycles. The molecule has 0 fully saturated rings. The zero-order chi connectivity index (χ0) is 17.1. The van der Waals surface area contributed by atoms with Crippen LogP contribution in [-0.2, 0) is 0 Å². The third kappa shape index (κ3) is 3.22. The number of fused-ring (bicyclic) bond motifs is 1. The van der Waals surface area contributed by atoms with Gasteiger partial charge in [0.2, 0.25) is 0 Å². The number of amides is 2. The molecule has 1 aromatic carbocycles. The highest BCUT2D eigenvalue weighted by Crippen LogP contribution is 2.23. The first-order chi connectivity index (χ1) is 11.6. The molecular weight excluding hydrogens is 304 g/mol. The van der Waals surface area contributed by atoms with Crippen LogP contribution in [0, 0.1) is 13.8 Å². The largest absolute Gasteiger partial charge is 0.361 e. The van der Waals surface area contributed by atoms with Crippen LogP contribution in [0.15, 0.2) is 41.1 Å². The van der Waals surface area contributed by atoms with Crippen molar-refractivity contribution < 1.29 is 9.32 Å². The predicted molar refractivity (Wildman–Crippen MR) is 93.2 cm³/mol. The van der Waals surface area contributed by atoms with Gasteiger partial charge in [0.15, 0.2) is 0 Å². The Bertz CT molecular complexity index is 848. The van der Waals surface area contributed by atoms with Gasteiger partial charge in [0, 0.05) is 29.6 Å². The molecular formula is C18H20N4O2. The number of benzene rings is 1. The number of aryl methyl sites for hydroxylation is 2. The Balaban J connectivity index is 1.65. The van der Waals surface area contributed by atoms with Gasteiger partial charge < -0.3 is 15.2 Å². The lowest BCUT2D eigenvalue weighted by Crippen LogP contribution is -2.32. The lowest BCUT2D eigenvalue weighted by molar-refractivity contribution is 0.251. The summed E-state index contributed by atoms with van der Waals surface area (Å²) in [6, 6.07) is 9.28. The first-order valence-corrected chi connectivity index (χ1v) is 7.87. The van der Waals surface area contributed by atoms with Crippen molar-refractivity contribution in [3.63, 3.8) is 0 Å². The number of pyridine rings is 1. The third-order valence-electron chi connectivity index (χ3n) is 4.03. The Morgan fingerprint density at radius 1 is 1.25 bits per heavy atom. The quantitative estimate of drug-likeness (QED) is 0.765. The van der Waals surface area contributed by atoms with Crippen LogP contribution in [0.5, 0.6) is 0 Å². The molecule has 3 rings (SSSR count). The number of urea groups is 1. The van der Waals surface area contributed by atoms with Crippen LogP contribution in [-0.4, -0.2) is 22.7 Å². The normalized spacial score (nSPS) is 12.1. The highest BCUT2D eigenvalue weighted by atomic mass is 16.5. The van der Waals surface area contributed by atoms with Gasteiger partial charge in [-0.3, -0.25) is 4.98 Å². The molecule has 6 heteroatoms. The van der Waals surface area contributed by atoms with E-state index in [1.54, 1.807) is 6.20 Å². The maximum atomic E-state index is 12.2. The summed E-state index contributed by atoms with van der Waals surface area (Å²) in [5.74, 6) is 0.910. The van der Waals surface area contributed by atoms with Crippen molar-refractivity contribution in [3.05, 3.63) is 53.5 Å². The molecule has 24 heavy (non-hydrogen) atoms. The molecule has 0 saturated carbocycles. The Kier molecular flexibility index (Phi) is 4.46. The summed E-state index contributed by atoms with van der Waals surface area (Å²) in [7, 11) is 0. The minimum Gasteiger partial charge on any atom is -0.361 e. The number of anilines is 1. The van der Waals surface area contributed by atoms with Crippen LogP contribution >= 0.6 is 0 Å². The molecule has 0 bridgehead atoms. The van der Waals surface area contributed by atoms with Gasteiger partial charge in [0.05, 0.1) is 16.9 Å². The molecule has 0 aliphatic heterocycles. The van der Waals surface area contributed by atoms with E-state index in [0.29, 0.717) is 12.2 Å². The SMILES string of the molecule is Cc1noc(C)c1C(C)CNC(=O)Nc1cccc2cccnc12. The lowest BCUT2D eigenvalue weighted by atomic mass is 10.00. The standard InChI is InChI=1S/C18H20N4O2/c1-11(16-12(2)22-24-13(16)3)10-20-18(23)21-15-8-4-6-14-7-5-9-19-17(14)15/h4-9,11H,10H2,1-3H3,(H2,20,21,23). The summed E-state index contributed by atoms with van der Waals surface area (Å²) in [5, 5.41) is 10.7. The number of nitrogens with zero attached hydrogens (tertiary/aromatic N) is 2. The second-order valence-electron chi connectivity index (χ2n) is 5.85. The summed E-state index contributed by atoms with van der Waals surface area (Å²) in [4.78, 5) is 16.5. The molecule has 3 aromatic rings. The zero-order valence-electron chi connectivity index (χ0n) is 14.0. The van der Waals surface area contributed by atoms with Gasteiger partial charge in [-0.05, 0) is 26.0 Å². The van der Waals surface area contributed by atoms with E-state index >= 15 is 0 Å². The minimum atomic E-state index is -0.258. The monoisotopic (exact) mass is 324 g/mol. The molecule has 0 radical (unpaired) electrons. The van der Waals surface area contributed by atoms with Crippen molar-refractivity contribution in [3.8, 4) is 0 Å². The van der Waals surface area contributed by atoms with Crippen molar-refractivity contribution in [1.82, 2.24) is 15.5 Å². The first kappa shape index (κ1) is 16.0. The third-order valence-corrected chi connectivity index (χ3v) is 4.03. The maximum Gasteiger partial charge on any atom is 0.319 e. The minimum absolute atomic E-state index is 0.118. The highest BCUT2D eigenvalue weighted by molar-refractivity contribution is 5.99. The predicted octanol–water partition coefficient (Wildman–Crippen LogP) is 3.76. The number of carbonyl (C=O) groups excluding carboxylic acids is 1. The van der Waals surface area contributed by atoms with Gasteiger partial charge in [0.1, 0.15) is 5.76 Å². The summed E-state index contributed by atoms with van der Waals surface area (Å²) >= 11 is 0. The summed E-state index contributed by atoms with van der Waals surface area (Å²) in [5.41, 5.74) is 3.37. The van der Waals surface area contributed by atoms with E-state index < -0.39 is 0 Å². The molecule has 0 aliphatic rings. The van der Waals surface area contributed by atoms with Crippen molar-refractivity contribution in [2.75, 3.05) is 11.9 Å². The molecule has 0 spiro atoms. The summed E-state index contributed by atoms with van der Waals surface area (Å²) < 4.78 is 5.18. The Morgan fingerprint density at radius 3 is 2.79 bits per heavy atom. The van der Waals surface area contributed by atoms with E-state index in [9.17, 15) is 4.79 Å². The van der Waals surface area contributed by atoms with E-state index in [2.05, 4.69) is 20.8 Å². The van der Waals surface area contributed by atoms with Gasteiger partial charge in [-0.1, -0.05) is 30.3 Å². The van der Waals surface area contributed by atoms with Crippen LogP contribution in [0.3, 0.4) is 0 Å². The van der Waals surface area contributed by atoms with Crippen LogP contribution < -0.4 is 10.6 Å². The average Bonchev–Trinajstić information content (AvgIpc) is 2.92. The van der Waals surface area contributed by atoms with Crippen LogP contribution in [0.1, 0.15) is 29.9 Å². The molecule has 1 unspecified atom stereocenters. The maximum absolute atomic E-state index is 12.2. The molecule has 6 nitrogen and oxygen atoms in total. The fourth-order valence-corrected chi connectivity index (χ4v) is 2.91. The number of para-hydroxylation sites is 1. The molecule has 0 saturated heterocycles. The number of carbonyl (C=O) groups is 1. The van der Waals surface area contributed by atoms with Gasteiger partial charge in [-0.2, -0.15) is 0 Å². The summed E-state index contributed by atoms with van der Waals surface area (Å²) in [6.45, 7) is 6.32. The smallest absolute Gasteiger partial charge is 0.319 e. The van der Waals surface area contributed by atoms with Crippen molar-refractivity contribution in [2.45, 2.75) is 26.7 Å². The van der Waals surface area contributed by atoms with Gasteiger partial charge in [0.25, 0.3) is 0 Å².